The fraction of sp³-hybridized carbons (Fsp3) is 0.538. The van der Waals surface area contributed by atoms with E-state index in [1.54, 1.807) is 13.4 Å². The van der Waals surface area contributed by atoms with Crippen molar-refractivity contribution in [2.75, 3.05) is 13.7 Å². The van der Waals surface area contributed by atoms with Crippen LogP contribution in [0.5, 0.6) is 0 Å². The van der Waals surface area contributed by atoms with Gasteiger partial charge in [-0.3, -0.25) is 9.89 Å². The van der Waals surface area contributed by atoms with Gasteiger partial charge in [0.15, 0.2) is 5.82 Å². The lowest BCUT2D eigenvalue weighted by Crippen LogP contribution is -2.26. The van der Waals surface area contributed by atoms with E-state index in [-0.39, 0.29) is 5.91 Å². The third kappa shape index (κ3) is 3.88. The van der Waals surface area contributed by atoms with E-state index in [0.717, 1.165) is 17.0 Å². The third-order valence-electron chi connectivity index (χ3n) is 3.29. The Labute approximate surface area is 122 Å². The summed E-state index contributed by atoms with van der Waals surface area (Å²) in [6.07, 6.45) is 1.94. The first kappa shape index (κ1) is 15.2. The van der Waals surface area contributed by atoms with Gasteiger partial charge in [-0.2, -0.15) is 5.10 Å². The number of ether oxygens (including phenoxy) is 1. The van der Waals surface area contributed by atoms with E-state index in [0.29, 0.717) is 31.9 Å². The summed E-state index contributed by atoms with van der Waals surface area (Å²) >= 11 is 0. The molecule has 21 heavy (non-hydrogen) atoms. The van der Waals surface area contributed by atoms with Crippen molar-refractivity contribution in [3.63, 3.8) is 0 Å². The zero-order chi connectivity index (χ0) is 15.2. The Morgan fingerprint density at radius 2 is 2.29 bits per heavy atom. The molecule has 0 radical (unpaired) electrons. The number of nitrogens with one attached hydrogen (secondary N) is 2. The van der Waals surface area contributed by atoms with Crippen LogP contribution in [0, 0.1) is 13.8 Å². The number of nitrogens with zero attached hydrogens (tertiary/aromatic N) is 4. The smallest absolute Gasteiger partial charge is 0.224 e. The molecule has 0 aromatic carbocycles. The van der Waals surface area contributed by atoms with Crippen molar-refractivity contribution in [2.24, 2.45) is 0 Å². The Morgan fingerprint density at radius 3 is 2.95 bits per heavy atom. The lowest BCUT2D eigenvalue weighted by molar-refractivity contribution is -0.120. The van der Waals surface area contributed by atoms with Crippen molar-refractivity contribution in [3.05, 3.63) is 29.1 Å². The number of H-pyrrole nitrogens is 1. The number of hydrogen-bond donors (Lipinski definition) is 2. The summed E-state index contributed by atoms with van der Waals surface area (Å²) in [6.45, 7) is 5.37. The quantitative estimate of drug-likeness (QED) is 0.755. The van der Waals surface area contributed by atoms with E-state index in [1.807, 2.05) is 18.4 Å². The summed E-state index contributed by atoms with van der Waals surface area (Å²) in [5, 5.41) is 17.7. The Morgan fingerprint density at radius 1 is 1.48 bits per heavy atom. The van der Waals surface area contributed by atoms with Gasteiger partial charge in [0.25, 0.3) is 0 Å². The van der Waals surface area contributed by atoms with E-state index >= 15 is 0 Å². The number of hydrogen-bond acceptors (Lipinski definition) is 5. The second kappa shape index (κ2) is 6.98. The number of carbonyl (C=O) groups is 1. The van der Waals surface area contributed by atoms with Crippen LogP contribution in [0.4, 0.5) is 0 Å². The molecule has 2 N–H and O–H groups in total. The zero-order valence-electron chi connectivity index (χ0n) is 12.5. The van der Waals surface area contributed by atoms with Crippen molar-refractivity contribution >= 4 is 5.91 Å². The largest absolute Gasteiger partial charge is 0.383 e. The molecule has 2 aromatic rings. The SMILES string of the molecule is COCCn1cnnc1CNC(=O)Cc1c(C)n[nH]c1C. The average molecular weight is 292 g/mol. The molecule has 8 heteroatoms. The lowest BCUT2D eigenvalue weighted by atomic mass is 10.1. The van der Waals surface area contributed by atoms with Gasteiger partial charge >= 0.3 is 0 Å². The molecule has 0 aliphatic rings. The highest BCUT2D eigenvalue weighted by Gasteiger charge is 2.12. The summed E-state index contributed by atoms with van der Waals surface area (Å²) in [7, 11) is 1.64. The summed E-state index contributed by atoms with van der Waals surface area (Å²) in [5.41, 5.74) is 2.71. The van der Waals surface area contributed by atoms with Gasteiger partial charge in [-0.1, -0.05) is 0 Å². The van der Waals surface area contributed by atoms with Gasteiger partial charge in [-0.05, 0) is 13.8 Å². The van der Waals surface area contributed by atoms with Crippen LogP contribution in [0.2, 0.25) is 0 Å². The summed E-state index contributed by atoms with van der Waals surface area (Å²) in [6, 6.07) is 0. The van der Waals surface area contributed by atoms with Crippen LogP contribution in [0.25, 0.3) is 0 Å². The minimum atomic E-state index is -0.0658. The molecule has 2 rings (SSSR count). The highest BCUT2D eigenvalue weighted by molar-refractivity contribution is 5.78. The van der Waals surface area contributed by atoms with Crippen LogP contribution in [-0.2, 0) is 29.0 Å². The highest BCUT2D eigenvalue weighted by Crippen LogP contribution is 2.09. The van der Waals surface area contributed by atoms with Crippen LogP contribution in [0.3, 0.4) is 0 Å². The molecule has 0 aliphatic carbocycles. The molecule has 0 atom stereocenters. The normalized spacial score (nSPS) is 10.8. The number of carbonyl (C=O) groups excluding carboxylic acids is 1. The molecular weight excluding hydrogens is 272 g/mol. The standard InChI is InChI=1S/C13H20N6O2/c1-9-11(10(2)17-16-9)6-13(20)14-7-12-18-15-8-19(12)4-5-21-3/h8H,4-7H2,1-3H3,(H,14,20)(H,16,17). The summed E-state index contributed by atoms with van der Waals surface area (Å²) in [5.74, 6) is 0.643. The van der Waals surface area contributed by atoms with E-state index < -0.39 is 0 Å². The molecule has 0 aliphatic heterocycles. The molecule has 0 saturated heterocycles. The molecule has 0 saturated carbocycles. The topological polar surface area (TPSA) is 97.7 Å². The Kier molecular flexibility index (Phi) is 5.04. The van der Waals surface area contributed by atoms with Crippen molar-refractivity contribution in [3.8, 4) is 0 Å². The number of aryl methyl sites for hydroxylation is 2. The first-order valence-corrected chi connectivity index (χ1v) is 6.74. The van der Waals surface area contributed by atoms with Crippen LogP contribution >= 0.6 is 0 Å². The number of methoxy groups -OCH3 is 1. The molecule has 8 nitrogen and oxygen atoms in total. The maximum Gasteiger partial charge on any atom is 0.224 e. The fourth-order valence-corrected chi connectivity index (χ4v) is 2.03. The molecule has 0 unspecified atom stereocenters. The van der Waals surface area contributed by atoms with Gasteiger partial charge in [0.05, 0.1) is 25.3 Å². The molecule has 114 valence electrons. The number of rotatable bonds is 7. The van der Waals surface area contributed by atoms with Gasteiger partial charge in [0.1, 0.15) is 6.33 Å². The van der Waals surface area contributed by atoms with Crippen LogP contribution in [0.15, 0.2) is 6.33 Å². The van der Waals surface area contributed by atoms with Crippen molar-refractivity contribution < 1.29 is 9.53 Å². The van der Waals surface area contributed by atoms with Gasteiger partial charge in [-0.25, -0.2) is 0 Å². The number of aromatic amines is 1. The monoisotopic (exact) mass is 292 g/mol. The predicted octanol–water partition coefficient (Wildman–Crippen LogP) is 0.123. The fourth-order valence-electron chi connectivity index (χ4n) is 2.03. The molecule has 0 bridgehead atoms. The maximum absolute atomic E-state index is 12.0. The first-order chi connectivity index (χ1) is 10.1. The van der Waals surface area contributed by atoms with Crippen molar-refractivity contribution in [1.29, 1.82) is 0 Å². The Hall–Kier alpha value is -2.22. The van der Waals surface area contributed by atoms with E-state index in [2.05, 4.69) is 25.7 Å². The van der Waals surface area contributed by atoms with Crippen LogP contribution in [0.1, 0.15) is 22.8 Å². The van der Waals surface area contributed by atoms with Gasteiger partial charge in [0, 0.05) is 24.9 Å². The van der Waals surface area contributed by atoms with E-state index in [9.17, 15) is 4.79 Å². The Bertz CT molecular complexity index is 584. The van der Waals surface area contributed by atoms with E-state index in [4.69, 9.17) is 4.74 Å². The predicted molar refractivity (Wildman–Crippen MR) is 75.5 cm³/mol. The minimum absolute atomic E-state index is 0.0658. The second-order valence-corrected chi connectivity index (χ2v) is 4.80. The molecular formula is C13H20N6O2. The summed E-state index contributed by atoms with van der Waals surface area (Å²) < 4.78 is 6.88. The lowest BCUT2D eigenvalue weighted by Gasteiger charge is -2.07. The highest BCUT2D eigenvalue weighted by atomic mass is 16.5. The molecule has 2 aromatic heterocycles. The molecule has 0 spiro atoms. The maximum atomic E-state index is 12.0. The first-order valence-electron chi connectivity index (χ1n) is 6.74. The second-order valence-electron chi connectivity index (χ2n) is 4.80. The number of aromatic nitrogens is 5. The van der Waals surface area contributed by atoms with Crippen LogP contribution < -0.4 is 5.32 Å². The average Bonchev–Trinajstić information content (AvgIpc) is 3.04. The van der Waals surface area contributed by atoms with Gasteiger partial charge < -0.3 is 14.6 Å². The molecule has 2 heterocycles. The Balaban J connectivity index is 1.88. The third-order valence-corrected chi connectivity index (χ3v) is 3.29. The number of amides is 1. The molecule has 0 fully saturated rings. The molecule has 1 amide bonds. The van der Waals surface area contributed by atoms with Crippen molar-refractivity contribution in [2.45, 2.75) is 33.4 Å². The zero-order valence-corrected chi connectivity index (χ0v) is 12.5. The minimum Gasteiger partial charge on any atom is -0.383 e. The van der Waals surface area contributed by atoms with Crippen LogP contribution in [-0.4, -0.2) is 44.6 Å². The summed E-state index contributed by atoms with van der Waals surface area (Å²) in [4.78, 5) is 12.0. The van der Waals surface area contributed by atoms with Crippen molar-refractivity contribution in [1.82, 2.24) is 30.3 Å². The van der Waals surface area contributed by atoms with Gasteiger partial charge in [-0.15, -0.1) is 10.2 Å². The van der Waals surface area contributed by atoms with Gasteiger partial charge in [0.2, 0.25) is 5.91 Å². The van der Waals surface area contributed by atoms with E-state index in [1.165, 1.54) is 0 Å².